The fourth-order valence-electron chi connectivity index (χ4n) is 3.73. The lowest BCUT2D eigenvalue weighted by Crippen LogP contribution is -2.32. The molecule has 0 aromatic carbocycles. The predicted molar refractivity (Wildman–Crippen MR) is 102 cm³/mol. The lowest BCUT2D eigenvalue weighted by Gasteiger charge is -2.22. The van der Waals surface area contributed by atoms with Gasteiger partial charge in [0.15, 0.2) is 11.6 Å². The van der Waals surface area contributed by atoms with E-state index in [2.05, 4.69) is 9.88 Å². The molecule has 1 atom stereocenters. The van der Waals surface area contributed by atoms with Crippen molar-refractivity contribution in [3.63, 3.8) is 0 Å². The van der Waals surface area contributed by atoms with Gasteiger partial charge >= 0.3 is 0 Å². The van der Waals surface area contributed by atoms with Gasteiger partial charge in [0.05, 0.1) is 12.1 Å². The van der Waals surface area contributed by atoms with Crippen LogP contribution in [-0.4, -0.2) is 52.6 Å². The Kier molecular flexibility index (Phi) is 4.83. The van der Waals surface area contributed by atoms with Crippen LogP contribution < -0.4 is 15.2 Å². The normalized spacial score (nSPS) is 19.5. The SMILES string of the molecule is Cn1cc(C(=O)N2CC[C@H](Oc3cccnc3N3CCCC3)C2)ccc1=O. The Morgan fingerprint density at radius 2 is 2.00 bits per heavy atom. The third kappa shape index (κ3) is 3.67. The molecule has 4 heterocycles. The van der Waals surface area contributed by atoms with E-state index in [-0.39, 0.29) is 17.6 Å². The van der Waals surface area contributed by atoms with Crippen molar-refractivity contribution in [1.82, 2.24) is 14.5 Å². The zero-order chi connectivity index (χ0) is 18.8. The summed E-state index contributed by atoms with van der Waals surface area (Å²) in [6, 6.07) is 6.86. The molecule has 2 aromatic rings. The Labute approximate surface area is 158 Å². The molecule has 0 spiro atoms. The minimum atomic E-state index is -0.125. The second kappa shape index (κ2) is 7.42. The van der Waals surface area contributed by atoms with Crippen LogP contribution in [0.3, 0.4) is 0 Å². The highest BCUT2D eigenvalue weighted by Gasteiger charge is 2.29. The minimum Gasteiger partial charge on any atom is -0.485 e. The molecule has 1 amide bonds. The first kappa shape index (κ1) is 17.6. The van der Waals surface area contributed by atoms with Crippen LogP contribution in [0.2, 0.25) is 0 Å². The van der Waals surface area contributed by atoms with E-state index in [1.807, 2.05) is 12.1 Å². The summed E-state index contributed by atoms with van der Waals surface area (Å²) in [4.78, 5) is 32.8. The largest absolute Gasteiger partial charge is 0.485 e. The number of carbonyl (C=O) groups excluding carboxylic acids is 1. The number of carbonyl (C=O) groups is 1. The van der Waals surface area contributed by atoms with E-state index in [1.54, 1.807) is 30.4 Å². The van der Waals surface area contributed by atoms with Crippen LogP contribution in [0, 0.1) is 0 Å². The number of rotatable bonds is 4. The predicted octanol–water partition coefficient (Wildman–Crippen LogP) is 1.67. The Balaban J connectivity index is 1.44. The van der Waals surface area contributed by atoms with Gasteiger partial charge in [-0.2, -0.15) is 0 Å². The molecule has 0 N–H and O–H groups in total. The number of aromatic nitrogens is 2. The van der Waals surface area contributed by atoms with E-state index in [1.165, 1.54) is 23.5 Å². The molecule has 2 fully saturated rings. The van der Waals surface area contributed by atoms with E-state index in [4.69, 9.17) is 4.74 Å². The Hall–Kier alpha value is -2.83. The van der Waals surface area contributed by atoms with Gasteiger partial charge in [0.25, 0.3) is 5.91 Å². The number of hydrogen-bond acceptors (Lipinski definition) is 5. The van der Waals surface area contributed by atoms with Crippen LogP contribution in [-0.2, 0) is 7.05 Å². The average molecular weight is 368 g/mol. The lowest BCUT2D eigenvalue weighted by molar-refractivity contribution is 0.0771. The van der Waals surface area contributed by atoms with Crippen LogP contribution >= 0.6 is 0 Å². The average Bonchev–Trinajstić information content (AvgIpc) is 3.36. The van der Waals surface area contributed by atoms with Gasteiger partial charge in [-0.1, -0.05) is 0 Å². The van der Waals surface area contributed by atoms with Gasteiger partial charge in [0.2, 0.25) is 5.56 Å². The number of hydrogen-bond donors (Lipinski definition) is 0. The number of amides is 1. The van der Waals surface area contributed by atoms with Gasteiger partial charge in [-0.05, 0) is 31.0 Å². The summed E-state index contributed by atoms with van der Waals surface area (Å²) in [6.45, 7) is 3.20. The van der Waals surface area contributed by atoms with Gasteiger partial charge in [0, 0.05) is 51.6 Å². The number of likely N-dealkylation sites (tertiary alicyclic amines) is 1. The standard InChI is InChI=1S/C20H24N4O3/c1-22-13-15(6-7-18(22)25)20(26)24-12-8-16(14-24)27-17-5-4-9-21-19(17)23-10-2-3-11-23/h4-7,9,13,16H,2-3,8,10-12,14H2,1H3/t16-/m0/s1. The topological polar surface area (TPSA) is 67.7 Å². The van der Waals surface area contributed by atoms with Crippen molar-refractivity contribution >= 4 is 11.7 Å². The Bertz CT molecular complexity index is 889. The first-order chi connectivity index (χ1) is 13.1. The maximum atomic E-state index is 12.7. The van der Waals surface area contributed by atoms with E-state index in [0.717, 1.165) is 31.1 Å². The quantitative estimate of drug-likeness (QED) is 0.821. The van der Waals surface area contributed by atoms with E-state index < -0.39 is 0 Å². The Morgan fingerprint density at radius 1 is 1.19 bits per heavy atom. The first-order valence-corrected chi connectivity index (χ1v) is 9.44. The number of anilines is 1. The summed E-state index contributed by atoms with van der Waals surface area (Å²) >= 11 is 0. The molecule has 0 radical (unpaired) electrons. The van der Waals surface area contributed by atoms with Crippen molar-refractivity contribution in [2.75, 3.05) is 31.1 Å². The molecular weight excluding hydrogens is 344 g/mol. The van der Waals surface area contributed by atoms with Crippen LogP contribution in [0.5, 0.6) is 5.75 Å². The van der Waals surface area contributed by atoms with Gasteiger partial charge < -0.3 is 19.1 Å². The highest BCUT2D eigenvalue weighted by Crippen LogP contribution is 2.30. The summed E-state index contributed by atoms with van der Waals surface area (Å²) in [5.41, 5.74) is 0.400. The summed E-state index contributed by atoms with van der Waals surface area (Å²) in [5.74, 6) is 1.63. The van der Waals surface area contributed by atoms with Crippen LogP contribution in [0.4, 0.5) is 5.82 Å². The summed E-state index contributed by atoms with van der Waals surface area (Å²) in [5, 5.41) is 0. The van der Waals surface area contributed by atoms with Gasteiger partial charge in [-0.25, -0.2) is 4.98 Å². The molecule has 7 nitrogen and oxygen atoms in total. The summed E-state index contributed by atoms with van der Waals surface area (Å²) < 4.78 is 7.65. The second-order valence-electron chi connectivity index (χ2n) is 7.17. The first-order valence-electron chi connectivity index (χ1n) is 9.44. The Morgan fingerprint density at radius 3 is 2.78 bits per heavy atom. The zero-order valence-corrected chi connectivity index (χ0v) is 15.5. The van der Waals surface area contributed by atoms with Crippen molar-refractivity contribution < 1.29 is 9.53 Å². The monoisotopic (exact) mass is 368 g/mol. The molecule has 142 valence electrons. The van der Waals surface area contributed by atoms with E-state index >= 15 is 0 Å². The number of pyridine rings is 2. The molecule has 7 heteroatoms. The van der Waals surface area contributed by atoms with Crippen molar-refractivity contribution in [3.05, 3.63) is 52.6 Å². The fourth-order valence-corrected chi connectivity index (χ4v) is 3.73. The maximum absolute atomic E-state index is 12.7. The van der Waals surface area contributed by atoms with Crippen molar-refractivity contribution in [1.29, 1.82) is 0 Å². The summed E-state index contributed by atoms with van der Waals surface area (Å²) in [7, 11) is 1.65. The van der Waals surface area contributed by atoms with Gasteiger partial charge in [0.1, 0.15) is 6.10 Å². The van der Waals surface area contributed by atoms with Gasteiger partial charge in [-0.3, -0.25) is 9.59 Å². The molecule has 2 aromatic heterocycles. The van der Waals surface area contributed by atoms with E-state index in [9.17, 15) is 9.59 Å². The molecule has 2 aliphatic rings. The molecule has 0 bridgehead atoms. The molecule has 0 saturated carbocycles. The second-order valence-corrected chi connectivity index (χ2v) is 7.17. The van der Waals surface area contributed by atoms with Gasteiger partial charge in [-0.15, -0.1) is 0 Å². The molecule has 27 heavy (non-hydrogen) atoms. The van der Waals surface area contributed by atoms with Crippen LogP contribution in [0.25, 0.3) is 0 Å². The highest BCUT2D eigenvalue weighted by molar-refractivity contribution is 5.94. The maximum Gasteiger partial charge on any atom is 0.255 e. The highest BCUT2D eigenvalue weighted by atomic mass is 16.5. The van der Waals surface area contributed by atoms with E-state index in [0.29, 0.717) is 18.7 Å². The third-order valence-corrected chi connectivity index (χ3v) is 5.22. The smallest absolute Gasteiger partial charge is 0.255 e. The van der Waals surface area contributed by atoms with Crippen LogP contribution in [0.1, 0.15) is 29.6 Å². The third-order valence-electron chi connectivity index (χ3n) is 5.22. The zero-order valence-electron chi connectivity index (χ0n) is 15.5. The molecule has 2 aliphatic heterocycles. The minimum absolute atomic E-state index is 0.0490. The fraction of sp³-hybridized carbons (Fsp3) is 0.450. The molecule has 4 rings (SSSR count). The van der Waals surface area contributed by atoms with Crippen molar-refractivity contribution in [2.24, 2.45) is 7.05 Å². The number of aryl methyl sites for hydroxylation is 1. The van der Waals surface area contributed by atoms with Crippen molar-refractivity contribution in [3.8, 4) is 5.75 Å². The molecule has 0 unspecified atom stereocenters. The lowest BCUT2D eigenvalue weighted by atomic mass is 10.2. The summed E-state index contributed by atoms with van der Waals surface area (Å²) in [6.07, 6.45) is 6.48. The number of ether oxygens (including phenoxy) is 1. The van der Waals surface area contributed by atoms with Crippen molar-refractivity contribution in [2.45, 2.75) is 25.4 Å². The number of nitrogens with zero attached hydrogens (tertiary/aromatic N) is 4. The molecule has 2 saturated heterocycles. The molecule has 0 aliphatic carbocycles. The van der Waals surface area contributed by atoms with Crippen LogP contribution in [0.15, 0.2) is 41.5 Å². The molecular formula is C20H24N4O3.